The summed E-state index contributed by atoms with van der Waals surface area (Å²) in [7, 11) is 0. The molecule has 2 N–H and O–H groups in total. The Morgan fingerprint density at radius 3 is 2.67 bits per heavy atom. The Bertz CT molecular complexity index is 923. The Hall–Kier alpha value is -2.63. The Morgan fingerprint density at radius 1 is 1.12 bits per heavy atom. The first kappa shape index (κ1) is 14.9. The highest BCUT2D eigenvalue weighted by molar-refractivity contribution is 5.40. The summed E-state index contributed by atoms with van der Waals surface area (Å²) < 4.78 is 1.45. The topological polar surface area (TPSA) is 75.1 Å². The molecule has 3 aromatic rings. The van der Waals surface area contributed by atoms with Crippen molar-refractivity contribution in [2.75, 3.05) is 5.32 Å². The van der Waals surface area contributed by atoms with Crippen molar-refractivity contribution in [3.63, 3.8) is 0 Å². The monoisotopic (exact) mass is 323 g/mol. The molecule has 0 saturated carbocycles. The number of benzene rings is 1. The summed E-state index contributed by atoms with van der Waals surface area (Å²) in [6.45, 7) is 2.80. The van der Waals surface area contributed by atoms with Crippen LogP contribution in [0.5, 0.6) is 0 Å². The van der Waals surface area contributed by atoms with Gasteiger partial charge >= 0.3 is 0 Å². The van der Waals surface area contributed by atoms with Gasteiger partial charge in [-0.15, -0.1) is 0 Å². The molecule has 2 heterocycles. The average Bonchev–Trinajstić information content (AvgIpc) is 3.04. The molecular weight excluding hydrogens is 302 g/mol. The van der Waals surface area contributed by atoms with Gasteiger partial charge in [0, 0.05) is 12.1 Å². The van der Waals surface area contributed by atoms with Crippen LogP contribution in [0.1, 0.15) is 42.1 Å². The van der Waals surface area contributed by atoms with Crippen LogP contribution in [0.4, 0.5) is 5.95 Å². The van der Waals surface area contributed by atoms with Gasteiger partial charge in [-0.3, -0.25) is 9.89 Å². The van der Waals surface area contributed by atoms with E-state index in [9.17, 15) is 4.79 Å². The molecule has 0 spiro atoms. The quantitative estimate of drug-likeness (QED) is 0.773. The summed E-state index contributed by atoms with van der Waals surface area (Å²) >= 11 is 0. The van der Waals surface area contributed by atoms with E-state index in [-0.39, 0.29) is 5.56 Å². The second-order valence-electron chi connectivity index (χ2n) is 6.28. The van der Waals surface area contributed by atoms with Gasteiger partial charge in [-0.2, -0.15) is 9.50 Å². The zero-order valence-corrected chi connectivity index (χ0v) is 13.8. The van der Waals surface area contributed by atoms with E-state index in [1.54, 1.807) is 0 Å². The minimum atomic E-state index is -0.0115. The van der Waals surface area contributed by atoms with Gasteiger partial charge in [0.15, 0.2) is 0 Å². The first-order valence-corrected chi connectivity index (χ1v) is 8.57. The molecule has 0 saturated heterocycles. The highest BCUT2D eigenvalue weighted by Crippen LogP contribution is 2.17. The van der Waals surface area contributed by atoms with Crippen LogP contribution < -0.4 is 10.9 Å². The number of aryl methyl sites for hydroxylation is 2. The number of aromatic nitrogens is 4. The molecule has 2 aromatic heterocycles. The zero-order chi connectivity index (χ0) is 16.5. The summed E-state index contributed by atoms with van der Waals surface area (Å²) in [5, 5.41) is 6.27. The molecule has 0 radical (unpaired) electrons. The number of rotatable bonds is 4. The molecule has 0 unspecified atom stereocenters. The average molecular weight is 323 g/mol. The number of aromatic amines is 1. The van der Waals surface area contributed by atoms with Crippen LogP contribution in [0, 0.1) is 0 Å². The molecular formula is C18H21N5O. The molecule has 24 heavy (non-hydrogen) atoms. The second-order valence-corrected chi connectivity index (χ2v) is 6.28. The lowest BCUT2D eigenvalue weighted by atomic mass is 9.97. The lowest BCUT2D eigenvalue weighted by Gasteiger charge is -2.12. The van der Waals surface area contributed by atoms with Crippen LogP contribution in [-0.2, 0) is 25.8 Å². The van der Waals surface area contributed by atoms with Gasteiger partial charge in [-0.1, -0.05) is 31.2 Å². The summed E-state index contributed by atoms with van der Waals surface area (Å²) in [4.78, 5) is 21.5. The highest BCUT2D eigenvalue weighted by atomic mass is 16.1. The molecule has 0 fully saturated rings. The van der Waals surface area contributed by atoms with Gasteiger partial charge in [0.05, 0.1) is 5.69 Å². The fraction of sp³-hybridized carbons (Fsp3) is 0.389. The molecule has 124 valence electrons. The Kier molecular flexibility index (Phi) is 3.80. The van der Waals surface area contributed by atoms with E-state index in [4.69, 9.17) is 0 Å². The third kappa shape index (κ3) is 2.68. The van der Waals surface area contributed by atoms with Crippen molar-refractivity contribution in [2.45, 2.75) is 45.6 Å². The molecule has 1 aromatic carbocycles. The smallest absolute Gasteiger partial charge is 0.277 e. The van der Waals surface area contributed by atoms with Gasteiger partial charge in [0.1, 0.15) is 0 Å². The van der Waals surface area contributed by atoms with Crippen LogP contribution in [0.15, 0.2) is 29.1 Å². The summed E-state index contributed by atoms with van der Waals surface area (Å²) in [6, 6.07) is 8.49. The minimum Gasteiger partial charge on any atom is -0.351 e. The van der Waals surface area contributed by atoms with Crippen molar-refractivity contribution in [3.8, 4) is 0 Å². The van der Waals surface area contributed by atoms with Crippen LogP contribution >= 0.6 is 0 Å². The lowest BCUT2D eigenvalue weighted by molar-refractivity contribution is 0.650. The van der Waals surface area contributed by atoms with Crippen LogP contribution in [0.25, 0.3) is 5.78 Å². The largest absolute Gasteiger partial charge is 0.351 e. The van der Waals surface area contributed by atoms with Gasteiger partial charge < -0.3 is 5.32 Å². The van der Waals surface area contributed by atoms with E-state index in [1.807, 2.05) is 0 Å². The summed E-state index contributed by atoms with van der Waals surface area (Å²) in [6.07, 6.45) is 4.88. The van der Waals surface area contributed by atoms with E-state index in [0.717, 1.165) is 43.4 Å². The molecule has 0 atom stereocenters. The maximum Gasteiger partial charge on any atom is 0.277 e. The van der Waals surface area contributed by atoms with E-state index >= 15 is 0 Å². The molecule has 4 rings (SSSR count). The molecule has 6 nitrogen and oxygen atoms in total. The van der Waals surface area contributed by atoms with Crippen molar-refractivity contribution in [1.29, 1.82) is 0 Å². The lowest BCUT2D eigenvalue weighted by Crippen LogP contribution is -2.25. The Labute approximate surface area is 139 Å². The highest BCUT2D eigenvalue weighted by Gasteiger charge is 2.18. The van der Waals surface area contributed by atoms with Gasteiger partial charge in [-0.25, -0.2) is 4.98 Å². The van der Waals surface area contributed by atoms with E-state index in [1.165, 1.54) is 15.6 Å². The van der Waals surface area contributed by atoms with Crippen molar-refractivity contribution in [2.24, 2.45) is 0 Å². The third-order valence-electron chi connectivity index (χ3n) is 4.66. The van der Waals surface area contributed by atoms with Crippen molar-refractivity contribution < 1.29 is 0 Å². The second kappa shape index (κ2) is 6.11. The van der Waals surface area contributed by atoms with E-state index in [0.29, 0.717) is 18.3 Å². The first-order valence-electron chi connectivity index (χ1n) is 8.57. The maximum absolute atomic E-state index is 12.6. The first-order chi connectivity index (χ1) is 11.7. The number of nitrogens with one attached hydrogen (secondary N) is 2. The van der Waals surface area contributed by atoms with Crippen LogP contribution in [0.2, 0.25) is 0 Å². The van der Waals surface area contributed by atoms with Gasteiger partial charge in [0.2, 0.25) is 5.95 Å². The van der Waals surface area contributed by atoms with Crippen molar-refractivity contribution in [3.05, 3.63) is 57.0 Å². The molecule has 6 heteroatoms. The number of nitrogens with zero attached hydrogens (tertiary/aromatic N) is 3. The number of hydrogen-bond acceptors (Lipinski definition) is 4. The zero-order valence-electron chi connectivity index (χ0n) is 13.8. The molecule has 0 aliphatic heterocycles. The Morgan fingerprint density at radius 2 is 1.88 bits per heavy atom. The molecule has 1 aliphatic rings. The third-order valence-corrected chi connectivity index (χ3v) is 4.66. The standard InChI is InChI=1S/C18H21N5O/c1-2-12-7-9-13(10-8-12)11-19-17-21-18-20-15-6-4-3-5-14(15)16(24)23(18)22-17/h7-10H,2-6,11H2,1H3,(H2,19,20,21,22). The van der Waals surface area contributed by atoms with Crippen molar-refractivity contribution >= 4 is 11.7 Å². The van der Waals surface area contributed by atoms with Crippen LogP contribution in [-0.4, -0.2) is 19.6 Å². The predicted molar refractivity (Wildman–Crippen MR) is 93.4 cm³/mol. The fourth-order valence-electron chi connectivity index (χ4n) is 3.20. The van der Waals surface area contributed by atoms with Gasteiger partial charge in [-0.05, 0) is 43.2 Å². The summed E-state index contributed by atoms with van der Waals surface area (Å²) in [5.74, 6) is 1.02. The van der Waals surface area contributed by atoms with Crippen molar-refractivity contribution in [1.82, 2.24) is 19.6 Å². The van der Waals surface area contributed by atoms with Crippen LogP contribution in [0.3, 0.4) is 0 Å². The SMILES string of the molecule is CCc1ccc(CNc2nc3nc4c(c(=O)n3[nH]2)CCCC4)cc1. The summed E-state index contributed by atoms with van der Waals surface area (Å²) in [5.41, 5.74) is 4.24. The Balaban J connectivity index is 1.58. The number of fused-ring (bicyclic) bond motifs is 2. The molecule has 0 amide bonds. The minimum absolute atomic E-state index is 0.0115. The number of H-pyrrole nitrogens is 1. The van der Waals surface area contributed by atoms with E-state index < -0.39 is 0 Å². The van der Waals surface area contributed by atoms with Gasteiger partial charge in [0.25, 0.3) is 11.3 Å². The number of hydrogen-bond donors (Lipinski definition) is 2. The normalized spacial score (nSPS) is 13.9. The predicted octanol–water partition coefficient (Wildman–Crippen LogP) is 2.47. The maximum atomic E-state index is 12.6. The fourth-order valence-corrected chi connectivity index (χ4v) is 3.20. The van der Waals surface area contributed by atoms with E-state index in [2.05, 4.69) is 51.6 Å². The molecule has 0 bridgehead atoms. The molecule has 1 aliphatic carbocycles. The number of anilines is 1.